The lowest BCUT2D eigenvalue weighted by Gasteiger charge is -2.48. The van der Waals surface area contributed by atoms with Crippen LogP contribution in [0.5, 0.6) is 0 Å². The highest BCUT2D eigenvalue weighted by Gasteiger charge is 2.48. The van der Waals surface area contributed by atoms with E-state index in [1.165, 1.54) is 5.56 Å². The second-order valence-corrected chi connectivity index (χ2v) is 11.4. The first-order chi connectivity index (χ1) is 20.3. The number of benzene rings is 3. The van der Waals surface area contributed by atoms with Gasteiger partial charge in [-0.3, -0.25) is 4.79 Å². The number of carbonyl (C=O) groups excluding carboxylic acids is 1. The highest BCUT2D eigenvalue weighted by molar-refractivity contribution is 6.03. The van der Waals surface area contributed by atoms with Crippen LogP contribution in [0.4, 0.5) is 5.69 Å². The minimum absolute atomic E-state index is 0.0476. The van der Waals surface area contributed by atoms with E-state index < -0.39 is 43.2 Å². The molecule has 8 nitrogen and oxygen atoms in total. The van der Waals surface area contributed by atoms with Gasteiger partial charge in [-0.15, -0.1) is 0 Å². The Labute approximate surface area is 246 Å². The number of para-hydroxylation sites is 1. The summed E-state index contributed by atoms with van der Waals surface area (Å²) in [5.41, 5.74) is 4.91. The van der Waals surface area contributed by atoms with Gasteiger partial charge in [0.05, 0.1) is 30.8 Å². The van der Waals surface area contributed by atoms with Gasteiger partial charge >= 0.3 is 0 Å². The van der Waals surface area contributed by atoms with E-state index in [9.17, 15) is 30.3 Å². The second-order valence-electron chi connectivity index (χ2n) is 11.4. The molecule has 42 heavy (non-hydrogen) atoms. The number of aliphatic hydroxyl groups excluding tert-OH is 5. The van der Waals surface area contributed by atoms with E-state index in [1.807, 2.05) is 83.8 Å². The van der Waals surface area contributed by atoms with Crippen molar-refractivity contribution in [2.75, 3.05) is 11.5 Å². The van der Waals surface area contributed by atoms with Gasteiger partial charge in [0, 0.05) is 5.69 Å². The number of amides is 1. The number of ether oxygens (including phenoxy) is 1. The molecule has 5 rings (SSSR count). The molecule has 2 fully saturated rings. The van der Waals surface area contributed by atoms with Gasteiger partial charge in [-0.1, -0.05) is 73.7 Å². The summed E-state index contributed by atoms with van der Waals surface area (Å²) in [7, 11) is 0. The lowest BCUT2D eigenvalue weighted by Crippen LogP contribution is -2.58. The third kappa shape index (κ3) is 6.29. The molecule has 8 heteroatoms. The van der Waals surface area contributed by atoms with Crippen molar-refractivity contribution in [3.63, 3.8) is 0 Å². The number of hydrogen-bond acceptors (Lipinski definition) is 7. The first-order valence-electron chi connectivity index (χ1n) is 14.9. The SMILES string of the molecule is CCc1ccc([C@@H](O)CC[C@H]2C(=O)N(c3ccccc3)[C@@H]2c2ccc(CC[C@@H]3O[C@H](CO)[C@@H](O)[C@H](O)[C@H]3O)cc2)cc1. The van der Waals surface area contributed by atoms with Crippen LogP contribution >= 0.6 is 0 Å². The Hall–Kier alpha value is -3.11. The monoisotopic (exact) mass is 575 g/mol. The van der Waals surface area contributed by atoms with E-state index in [0.717, 1.165) is 28.8 Å². The van der Waals surface area contributed by atoms with Crippen LogP contribution in [-0.2, 0) is 22.4 Å². The van der Waals surface area contributed by atoms with Crippen LogP contribution < -0.4 is 4.90 Å². The van der Waals surface area contributed by atoms with E-state index >= 15 is 0 Å². The molecule has 0 bridgehead atoms. The first kappa shape index (κ1) is 30.4. The van der Waals surface area contributed by atoms with Gasteiger partial charge in [-0.25, -0.2) is 0 Å². The second kappa shape index (κ2) is 13.5. The summed E-state index contributed by atoms with van der Waals surface area (Å²) in [6.45, 7) is 1.65. The molecule has 3 aromatic carbocycles. The summed E-state index contributed by atoms with van der Waals surface area (Å²) in [6, 6.07) is 25.5. The molecule has 8 atom stereocenters. The lowest BCUT2D eigenvalue weighted by atomic mass is 9.78. The molecule has 3 aromatic rings. The topological polar surface area (TPSA) is 131 Å². The third-order valence-electron chi connectivity index (χ3n) is 8.80. The Morgan fingerprint density at radius 1 is 0.810 bits per heavy atom. The van der Waals surface area contributed by atoms with E-state index in [1.54, 1.807) is 0 Å². The Morgan fingerprint density at radius 2 is 1.45 bits per heavy atom. The zero-order valence-electron chi connectivity index (χ0n) is 23.9. The maximum atomic E-state index is 13.4. The fourth-order valence-corrected chi connectivity index (χ4v) is 6.17. The molecule has 2 saturated heterocycles. The number of aryl methyl sites for hydroxylation is 2. The van der Waals surface area contributed by atoms with E-state index in [0.29, 0.717) is 25.7 Å². The Kier molecular flexibility index (Phi) is 9.73. The zero-order valence-corrected chi connectivity index (χ0v) is 23.9. The van der Waals surface area contributed by atoms with Gasteiger partial charge in [0.15, 0.2) is 0 Å². The number of rotatable bonds is 11. The molecule has 224 valence electrons. The van der Waals surface area contributed by atoms with Gasteiger partial charge in [0.1, 0.15) is 24.4 Å². The van der Waals surface area contributed by atoms with Crippen LogP contribution in [-0.4, -0.2) is 68.6 Å². The van der Waals surface area contributed by atoms with Crippen LogP contribution in [0.3, 0.4) is 0 Å². The van der Waals surface area contributed by atoms with Gasteiger partial charge in [0.25, 0.3) is 0 Å². The summed E-state index contributed by atoms with van der Waals surface area (Å²) >= 11 is 0. The summed E-state index contributed by atoms with van der Waals surface area (Å²) in [5, 5.41) is 50.8. The van der Waals surface area contributed by atoms with Gasteiger partial charge in [0.2, 0.25) is 5.91 Å². The van der Waals surface area contributed by atoms with Crippen LogP contribution in [0.25, 0.3) is 0 Å². The molecule has 0 unspecified atom stereocenters. The minimum atomic E-state index is -1.38. The Balaban J connectivity index is 1.27. The van der Waals surface area contributed by atoms with Gasteiger partial charge in [-0.2, -0.15) is 0 Å². The molecular formula is C34H41NO7. The summed E-state index contributed by atoms with van der Waals surface area (Å²) < 4.78 is 5.64. The van der Waals surface area contributed by atoms with Crippen molar-refractivity contribution in [2.24, 2.45) is 5.92 Å². The molecule has 5 N–H and O–H groups in total. The molecule has 0 radical (unpaired) electrons. The lowest BCUT2D eigenvalue weighted by molar-refractivity contribution is -0.230. The minimum Gasteiger partial charge on any atom is -0.394 e. The number of nitrogens with zero attached hydrogens (tertiary/aromatic N) is 1. The van der Waals surface area contributed by atoms with Crippen LogP contribution in [0.2, 0.25) is 0 Å². The van der Waals surface area contributed by atoms with Gasteiger partial charge < -0.3 is 35.2 Å². The molecule has 2 aliphatic heterocycles. The smallest absolute Gasteiger partial charge is 0.233 e. The Bertz CT molecular complexity index is 1300. The molecule has 0 saturated carbocycles. The van der Waals surface area contributed by atoms with Crippen molar-refractivity contribution in [3.8, 4) is 0 Å². The van der Waals surface area contributed by atoms with Crippen LogP contribution in [0, 0.1) is 5.92 Å². The number of carbonyl (C=O) groups is 1. The molecule has 2 heterocycles. The molecule has 2 aliphatic rings. The summed E-state index contributed by atoms with van der Waals surface area (Å²) in [6.07, 6.45) is -3.32. The predicted molar refractivity (Wildman–Crippen MR) is 159 cm³/mol. The molecule has 0 aromatic heterocycles. The van der Waals surface area contributed by atoms with Crippen molar-refractivity contribution in [1.82, 2.24) is 0 Å². The molecular weight excluding hydrogens is 534 g/mol. The molecule has 0 aliphatic carbocycles. The fourth-order valence-electron chi connectivity index (χ4n) is 6.17. The number of anilines is 1. The zero-order chi connectivity index (χ0) is 29.8. The molecule has 1 amide bonds. The van der Waals surface area contributed by atoms with Crippen LogP contribution in [0.1, 0.15) is 60.6 Å². The van der Waals surface area contributed by atoms with Gasteiger partial charge in [-0.05, 0) is 66.5 Å². The Morgan fingerprint density at radius 3 is 2.10 bits per heavy atom. The highest BCUT2D eigenvalue weighted by Crippen LogP contribution is 2.46. The van der Waals surface area contributed by atoms with E-state index in [-0.39, 0.29) is 17.9 Å². The summed E-state index contributed by atoms with van der Waals surface area (Å²) in [4.78, 5) is 15.2. The maximum Gasteiger partial charge on any atom is 0.233 e. The largest absolute Gasteiger partial charge is 0.394 e. The average Bonchev–Trinajstić information content (AvgIpc) is 3.03. The van der Waals surface area contributed by atoms with E-state index in [2.05, 4.69) is 6.92 Å². The van der Waals surface area contributed by atoms with E-state index in [4.69, 9.17) is 4.74 Å². The standard InChI is InChI=1S/C34H41NO7/c1-2-21-8-13-23(14-9-21)27(37)18-17-26-30(35(34(26)41)25-6-4-3-5-7-25)24-15-10-22(11-16-24)12-19-28-31(38)33(40)32(39)29(20-36)42-28/h3-11,13-16,26-33,36-40H,2,12,17-20H2,1H3/t26-,27+,28+,29-,30-,31+,32-,33-/m1/s1. The van der Waals surface area contributed by atoms with Crippen molar-refractivity contribution in [3.05, 3.63) is 101 Å². The maximum absolute atomic E-state index is 13.4. The normalized spacial score (nSPS) is 28.4. The number of β-lactam (4-membered cyclic amide) rings is 1. The van der Waals surface area contributed by atoms with Crippen LogP contribution in [0.15, 0.2) is 78.9 Å². The average molecular weight is 576 g/mol. The number of hydrogen-bond donors (Lipinski definition) is 5. The van der Waals surface area contributed by atoms with Crippen molar-refractivity contribution in [2.45, 2.75) is 81.7 Å². The summed E-state index contributed by atoms with van der Waals surface area (Å²) in [5.74, 6) is -0.207. The van der Waals surface area contributed by atoms with Crippen molar-refractivity contribution >= 4 is 11.6 Å². The third-order valence-corrected chi connectivity index (χ3v) is 8.80. The van der Waals surface area contributed by atoms with Crippen molar-refractivity contribution < 1.29 is 35.1 Å². The number of aliphatic hydroxyl groups is 5. The predicted octanol–water partition coefficient (Wildman–Crippen LogP) is 3.24. The molecule has 0 spiro atoms. The first-order valence-corrected chi connectivity index (χ1v) is 14.9. The fraction of sp³-hybridized carbons (Fsp3) is 0.441. The van der Waals surface area contributed by atoms with Crippen molar-refractivity contribution in [1.29, 1.82) is 0 Å². The quantitative estimate of drug-likeness (QED) is 0.222. The highest BCUT2D eigenvalue weighted by atomic mass is 16.5.